The van der Waals surface area contributed by atoms with Crippen molar-refractivity contribution in [3.63, 3.8) is 0 Å². The molecule has 1 aromatic carbocycles. The Morgan fingerprint density at radius 2 is 2.00 bits per heavy atom. The first-order chi connectivity index (χ1) is 9.65. The number of hydrogen-bond donors (Lipinski definition) is 2. The fourth-order valence-electron chi connectivity index (χ4n) is 2.02. The Labute approximate surface area is 116 Å². The highest BCUT2D eigenvalue weighted by molar-refractivity contribution is 5.91. The Balaban J connectivity index is 1.77. The first-order valence-corrected chi connectivity index (χ1v) is 6.52. The lowest BCUT2D eigenvalue weighted by Gasteiger charge is -2.22. The number of nitrogens with zero attached hydrogens (tertiary/aromatic N) is 1. The number of nitrogens with one attached hydrogen (secondary N) is 2. The van der Waals surface area contributed by atoms with E-state index in [4.69, 9.17) is 4.74 Å². The van der Waals surface area contributed by atoms with Gasteiger partial charge in [-0.25, -0.2) is 0 Å². The molecule has 1 aliphatic rings. The second-order valence-electron chi connectivity index (χ2n) is 4.61. The lowest BCUT2D eigenvalue weighted by molar-refractivity contribution is -0.384. The normalized spacial score (nSPS) is 15.8. The molecule has 1 aliphatic heterocycles. The number of ether oxygens (including phenoxy) is 1. The van der Waals surface area contributed by atoms with Crippen molar-refractivity contribution in [1.29, 1.82) is 0 Å². The summed E-state index contributed by atoms with van der Waals surface area (Å²) in [5.41, 5.74) is 0.517. The summed E-state index contributed by atoms with van der Waals surface area (Å²) < 4.78 is 5.52. The van der Waals surface area contributed by atoms with E-state index in [1.165, 1.54) is 24.3 Å². The highest BCUT2D eigenvalue weighted by atomic mass is 16.6. The lowest BCUT2D eigenvalue weighted by atomic mass is 10.1. The molecule has 1 amide bonds. The van der Waals surface area contributed by atoms with Gasteiger partial charge >= 0.3 is 0 Å². The van der Waals surface area contributed by atoms with Gasteiger partial charge in [-0.2, -0.15) is 0 Å². The molecule has 1 fully saturated rings. The van der Waals surface area contributed by atoms with Crippen LogP contribution in [-0.2, 0) is 9.53 Å². The van der Waals surface area contributed by atoms with Gasteiger partial charge in [0.15, 0.2) is 0 Å². The number of carbonyl (C=O) groups excluding carboxylic acids is 1. The van der Waals surface area contributed by atoms with E-state index in [0.717, 1.165) is 25.9 Å². The molecule has 0 unspecified atom stereocenters. The van der Waals surface area contributed by atoms with Crippen LogP contribution in [-0.4, -0.2) is 36.6 Å². The molecule has 7 nitrogen and oxygen atoms in total. The van der Waals surface area contributed by atoms with Gasteiger partial charge < -0.3 is 15.4 Å². The molecule has 0 atom stereocenters. The summed E-state index contributed by atoms with van der Waals surface area (Å²) in [6.07, 6.45) is 1.94. The van der Waals surface area contributed by atoms with Crippen molar-refractivity contribution in [1.82, 2.24) is 5.32 Å². The number of piperidine rings is 1. The molecule has 2 rings (SSSR count). The molecule has 0 bridgehead atoms. The molecule has 7 heteroatoms. The van der Waals surface area contributed by atoms with Crippen molar-refractivity contribution in [3.05, 3.63) is 34.4 Å². The van der Waals surface area contributed by atoms with Crippen LogP contribution in [0.1, 0.15) is 12.8 Å². The number of hydrogen-bond acceptors (Lipinski definition) is 5. The third-order valence-electron chi connectivity index (χ3n) is 3.10. The van der Waals surface area contributed by atoms with E-state index in [-0.39, 0.29) is 24.3 Å². The van der Waals surface area contributed by atoms with Crippen molar-refractivity contribution in [2.24, 2.45) is 0 Å². The minimum absolute atomic E-state index is 0.00164. The van der Waals surface area contributed by atoms with Crippen LogP contribution in [0.3, 0.4) is 0 Å². The van der Waals surface area contributed by atoms with Crippen LogP contribution in [0, 0.1) is 10.1 Å². The number of amides is 1. The molecule has 2 N–H and O–H groups in total. The summed E-state index contributed by atoms with van der Waals surface area (Å²) in [6.45, 7) is 1.82. The van der Waals surface area contributed by atoms with E-state index in [1.54, 1.807) is 0 Å². The Morgan fingerprint density at radius 1 is 1.35 bits per heavy atom. The van der Waals surface area contributed by atoms with Gasteiger partial charge in [-0.15, -0.1) is 0 Å². The van der Waals surface area contributed by atoms with Gasteiger partial charge in [0, 0.05) is 17.8 Å². The Hall–Kier alpha value is -1.99. The largest absolute Gasteiger partial charge is 0.368 e. The fourth-order valence-corrected chi connectivity index (χ4v) is 2.02. The van der Waals surface area contributed by atoms with Gasteiger partial charge in [-0.05, 0) is 38.1 Å². The molecule has 0 aromatic heterocycles. The third-order valence-corrected chi connectivity index (χ3v) is 3.10. The standard InChI is InChI=1S/C13H17N3O4/c17-13(9-20-12-5-7-14-8-6-12)15-10-1-3-11(4-2-10)16(18)19/h1-4,12,14H,5-9H2,(H,15,17). The summed E-state index contributed by atoms with van der Waals surface area (Å²) in [5.74, 6) is -0.252. The minimum atomic E-state index is -0.480. The zero-order valence-electron chi connectivity index (χ0n) is 11.0. The van der Waals surface area contributed by atoms with Gasteiger partial charge in [0.05, 0.1) is 11.0 Å². The number of carbonyl (C=O) groups is 1. The van der Waals surface area contributed by atoms with Gasteiger partial charge in [0.25, 0.3) is 5.69 Å². The molecule has 108 valence electrons. The second-order valence-corrected chi connectivity index (χ2v) is 4.61. The summed E-state index contributed by atoms with van der Waals surface area (Å²) in [6, 6.07) is 5.70. The average Bonchev–Trinajstić information content (AvgIpc) is 2.47. The number of non-ortho nitro benzene ring substituents is 1. The Morgan fingerprint density at radius 3 is 2.60 bits per heavy atom. The zero-order chi connectivity index (χ0) is 14.4. The summed E-state index contributed by atoms with van der Waals surface area (Å²) in [5, 5.41) is 16.4. The predicted octanol–water partition coefficient (Wildman–Crippen LogP) is 1.30. The van der Waals surface area contributed by atoms with Crippen molar-refractivity contribution >= 4 is 17.3 Å². The molecule has 0 spiro atoms. The maximum Gasteiger partial charge on any atom is 0.269 e. The monoisotopic (exact) mass is 279 g/mol. The molecule has 20 heavy (non-hydrogen) atoms. The number of rotatable bonds is 5. The zero-order valence-corrected chi connectivity index (χ0v) is 11.0. The van der Waals surface area contributed by atoms with Gasteiger partial charge in [-0.3, -0.25) is 14.9 Å². The van der Waals surface area contributed by atoms with Gasteiger partial charge in [-0.1, -0.05) is 0 Å². The fraction of sp³-hybridized carbons (Fsp3) is 0.462. The van der Waals surface area contributed by atoms with Crippen LogP contribution < -0.4 is 10.6 Å². The van der Waals surface area contributed by atoms with Crippen molar-refractivity contribution < 1.29 is 14.5 Å². The van der Waals surface area contributed by atoms with Crippen LogP contribution in [0.5, 0.6) is 0 Å². The number of benzene rings is 1. The van der Waals surface area contributed by atoms with Crippen LogP contribution in [0.15, 0.2) is 24.3 Å². The molecule has 0 saturated carbocycles. The van der Waals surface area contributed by atoms with Crippen LogP contribution in [0.25, 0.3) is 0 Å². The Kier molecular flexibility index (Phi) is 5.03. The van der Waals surface area contributed by atoms with E-state index in [9.17, 15) is 14.9 Å². The third kappa shape index (κ3) is 4.29. The number of nitro groups is 1. The molecular weight excluding hydrogens is 262 g/mol. The van der Waals surface area contributed by atoms with E-state index < -0.39 is 4.92 Å². The first-order valence-electron chi connectivity index (χ1n) is 6.52. The van der Waals surface area contributed by atoms with E-state index >= 15 is 0 Å². The predicted molar refractivity (Wildman–Crippen MR) is 73.6 cm³/mol. The van der Waals surface area contributed by atoms with Crippen molar-refractivity contribution in [2.45, 2.75) is 18.9 Å². The van der Waals surface area contributed by atoms with Crippen LogP contribution >= 0.6 is 0 Å². The SMILES string of the molecule is O=C(COC1CCNCC1)Nc1ccc([N+](=O)[O-])cc1. The molecule has 0 radical (unpaired) electrons. The number of nitro benzene ring substituents is 1. The van der Waals surface area contributed by atoms with Crippen molar-refractivity contribution in [2.75, 3.05) is 25.0 Å². The Bertz CT molecular complexity index is 469. The van der Waals surface area contributed by atoms with E-state index in [1.807, 2.05) is 0 Å². The number of anilines is 1. The minimum Gasteiger partial charge on any atom is -0.368 e. The average molecular weight is 279 g/mol. The quantitative estimate of drug-likeness (QED) is 0.626. The van der Waals surface area contributed by atoms with E-state index in [2.05, 4.69) is 10.6 Å². The summed E-state index contributed by atoms with van der Waals surface area (Å²) in [7, 11) is 0. The van der Waals surface area contributed by atoms with Gasteiger partial charge in [0.1, 0.15) is 6.61 Å². The highest BCUT2D eigenvalue weighted by Crippen LogP contribution is 2.15. The molecule has 1 heterocycles. The lowest BCUT2D eigenvalue weighted by Crippen LogP contribution is -2.34. The maximum absolute atomic E-state index is 11.7. The van der Waals surface area contributed by atoms with Crippen molar-refractivity contribution in [3.8, 4) is 0 Å². The smallest absolute Gasteiger partial charge is 0.269 e. The second kappa shape index (κ2) is 6.97. The molecule has 0 aliphatic carbocycles. The summed E-state index contributed by atoms with van der Waals surface area (Å²) >= 11 is 0. The van der Waals surface area contributed by atoms with Crippen LogP contribution in [0.4, 0.5) is 11.4 Å². The molecule has 1 saturated heterocycles. The molecular formula is C13H17N3O4. The van der Waals surface area contributed by atoms with E-state index in [0.29, 0.717) is 5.69 Å². The molecule has 1 aromatic rings. The van der Waals surface area contributed by atoms with Crippen LogP contribution in [0.2, 0.25) is 0 Å². The highest BCUT2D eigenvalue weighted by Gasteiger charge is 2.15. The van der Waals surface area contributed by atoms with Gasteiger partial charge in [0.2, 0.25) is 5.91 Å². The topological polar surface area (TPSA) is 93.5 Å². The summed E-state index contributed by atoms with van der Waals surface area (Å²) in [4.78, 5) is 21.7. The first kappa shape index (κ1) is 14.4. The maximum atomic E-state index is 11.7.